The molecule has 8 heteroatoms. The van der Waals surface area contributed by atoms with Gasteiger partial charge in [0.15, 0.2) is 5.82 Å². The van der Waals surface area contributed by atoms with Crippen molar-refractivity contribution in [3.63, 3.8) is 0 Å². The lowest BCUT2D eigenvalue weighted by Gasteiger charge is -2.02. The first-order valence-corrected chi connectivity index (χ1v) is 8.38. The Bertz CT molecular complexity index is 1060. The summed E-state index contributed by atoms with van der Waals surface area (Å²) in [7, 11) is 1.61. The standard InChI is InChI=1S/C17H14N4O3S/c1-9-18-17(24-21-9)15-12(5-6-25-15)20-16(22)14-7-10-3-4-11(23-2)8-13(10)19-14/h3-8,19H,1-2H3,(H,20,22). The smallest absolute Gasteiger partial charge is 0.272 e. The second-order valence-electron chi connectivity index (χ2n) is 5.40. The van der Waals surface area contributed by atoms with Crippen LogP contribution in [0.5, 0.6) is 5.75 Å². The SMILES string of the molecule is COc1ccc2cc(C(=O)Nc3ccsc3-c3nc(C)no3)[nH]c2c1. The first kappa shape index (κ1) is 15.4. The fourth-order valence-electron chi connectivity index (χ4n) is 2.51. The molecule has 0 atom stereocenters. The van der Waals surface area contributed by atoms with E-state index in [2.05, 4.69) is 20.4 Å². The van der Waals surface area contributed by atoms with Gasteiger partial charge in [0.25, 0.3) is 11.8 Å². The Kier molecular flexibility index (Phi) is 3.73. The van der Waals surface area contributed by atoms with Crippen molar-refractivity contribution in [2.75, 3.05) is 12.4 Å². The van der Waals surface area contributed by atoms with Gasteiger partial charge in [-0.3, -0.25) is 4.79 Å². The highest BCUT2D eigenvalue weighted by Gasteiger charge is 2.17. The van der Waals surface area contributed by atoms with Crippen LogP contribution in [0.4, 0.5) is 5.69 Å². The summed E-state index contributed by atoms with van der Waals surface area (Å²) in [5.41, 5.74) is 1.93. The van der Waals surface area contributed by atoms with E-state index < -0.39 is 0 Å². The fraction of sp³-hybridized carbons (Fsp3) is 0.118. The number of carbonyl (C=O) groups is 1. The number of aromatic nitrogens is 3. The van der Waals surface area contributed by atoms with Crippen molar-refractivity contribution >= 4 is 33.8 Å². The number of methoxy groups -OCH3 is 1. The molecule has 0 aliphatic rings. The molecule has 1 amide bonds. The van der Waals surface area contributed by atoms with Crippen LogP contribution in [-0.2, 0) is 0 Å². The molecule has 0 aliphatic heterocycles. The summed E-state index contributed by atoms with van der Waals surface area (Å²) in [6.07, 6.45) is 0. The summed E-state index contributed by atoms with van der Waals surface area (Å²) in [6.45, 7) is 1.75. The lowest BCUT2D eigenvalue weighted by atomic mass is 10.2. The van der Waals surface area contributed by atoms with E-state index in [4.69, 9.17) is 9.26 Å². The molecule has 0 spiro atoms. The fourth-order valence-corrected chi connectivity index (χ4v) is 3.28. The zero-order chi connectivity index (χ0) is 17.4. The summed E-state index contributed by atoms with van der Waals surface area (Å²) in [5, 5.41) is 9.47. The molecule has 25 heavy (non-hydrogen) atoms. The van der Waals surface area contributed by atoms with Crippen molar-refractivity contribution in [3.05, 3.63) is 47.2 Å². The van der Waals surface area contributed by atoms with Gasteiger partial charge in [-0.05, 0) is 36.6 Å². The number of anilines is 1. The molecule has 2 N–H and O–H groups in total. The van der Waals surface area contributed by atoms with Gasteiger partial charge in [-0.2, -0.15) is 4.98 Å². The minimum absolute atomic E-state index is 0.244. The molecule has 0 radical (unpaired) electrons. The van der Waals surface area contributed by atoms with Gasteiger partial charge in [-0.1, -0.05) is 5.16 Å². The van der Waals surface area contributed by atoms with Crippen LogP contribution in [0.3, 0.4) is 0 Å². The lowest BCUT2D eigenvalue weighted by molar-refractivity contribution is 0.102. The number of hydrogen-bond acceptors (Lipinski definition) is 6. The third-order valence-electron chi connectivity index (χ3n) is 3.71. The second kappa shape index (κ2) is 6.06. The topological polar surface area (TPSA) is 93.0 Å². The van der Waals surface area contributed by atoms with Gasteiger partial charge in [-0.15, -0.1) is 11.3 Å². The molecule has 7 nitrogen and oxygen atoms in total. The predicted molar refractivity (Wildman–Crippen MR) is 95.2 cm³/mol. The molecule has 3 heterocycles. The van der Waals surface area contributed by atoms with Gasteiger partial charge in [-0.25, -0.2) is 0 Å². The Morgan fingerprint density at radius 2 is 2.20 bits per heavy atom. The molecule has 4 rings (SSSR count). The maximum atomic E-state index is 12.6. The zero-order valence-electron chi connectivity index (χ0n) is 13.5. The van der Waals surface area contributed by atoms with Gasteiger partial charge in [0.2, 0.25) is 0 Å². The number of aromatic amines is 1. The summed E-state index contributed by atoms with van der Waals surface area (Å²) in [6, 6.07) is 9.21. The Hall–Kier alpha value is -3.13. The van der Waals surface area contributed by atoms with E-state index in [0.717, 1.165) is 21.5 Å². The van der Waals surface area contributed by atoms with E-state index in [-0.39, 0.29) is 5.91 Å². The van der Waals surface area contributed by atoms with Crippen molar-refractivity contribution in [1.29, 1.82) is 0 Å². The largest absolute Gasteiger partial charge is 0.497 e. The first-order valence-electron chi connectivity index (χ1n) is 7.50. The number of hydrogen-bond donors (Lipinski definition) is 2. The molecule has 0 aliphatic carbocycles. The number of ether oxygens (including phenoxy) is 1. The van der Waals surface area contributed by atoms with Crippen molar-refractivity contribution in [1.82, 2.24) is 15.1 Å². The van der Waals surface area contributed by atoms with Gasteiger partial charge in [0, 0.05) is 17.0 Å². The molecule has 4 aromatic rings. The number of nitrogens with zero attached hydrogens (tertiary/aromatic N) is 2. The molecule has 1 aromatic carbocycles. The third-order valence-corrected chi connectivity index (χ3v) is 4.61. The highest BCUT2D eigenvalue weighted by Crippen LogP contribution is 2.33. The molecule has 0 bridgehead atoms. The Morgan fingerprint density at radius 1 is 1.32 bits per heavy atom. The Morgan fingerprint density at radius 3 is 2.96 bits per heavy atom. The predicted octanol–water partition coefficient (Wildman–Crippen LogP) is 3.85. The second-order valence-corrected chi connectivity index (χ2v) is 6.32. The quantitative estimate of drug-likeness (QED) is 0.581. The lowest BCUT2D eigenvalue weighted by Crippen LogP contribution is -2.12. The van der Waals surface area contributed by atoms with Gasteiger partial charge in [0.1, 0.15) is 16.3 Å². The number of aryl methyl sites for hydroxylation is 1. The average molecular weight is 354 g/mol. The van der Waals surface area contributed by atoms with Crippen LogP contribution in [-0.4, -0.2) is 28.1 Å². The van der Waals surface area contributed by atoms with E-state index in [9.17, 15) is 4.79 Å². The number of rotatable bonds is 4. The number of thiophene rings is 1. The van der Waals surface area contributed by atoms with Crippen LogP contribution >= 0.6 is 11.3 Å². The van der Waals surface area contributed by atoms with Crippen molar-refractivity contribution in [2.45, 2.75) is 6.92 Å². The van der Waals surface area contributed by atoms with Crippen LogP contribution in [0.2, 0.25) is 0 Å². The zero-order valence-corrected chi connectivity index (χ0v) is 14.3. The van der Waals surface area contributed by atoms with Crippen LogP contribution in [0.1, 0.15) is 16.3 Å². The summed E-state index contributed by atoms with van der Waals surface area (Å²) in [4.78, 5) is 20.6. The highest BCUT2D eigenvalue weighted by molar-refractivity contribution is 7.14. The Balaban J connectivity index is 1.61. The average Bonchev–Trinajstić information content (AvgIpc) is 3.32. The van der Waals surface area contributed by atoms with Crippen LogP contribution < -0.4 is 10.1 Å². The van der Waals surface area contributed by atoms with Crippen molar-refractivity contribution < 1.29 is 14.1 Å². The number of carbonyl (C=O) groups excluding carboxylic acids is 1. The summed E-state index contributed by atoms with van der Waals surface area (Å²) < 4.78 is 10.4. The third kappa shape index (κ3) is 2.87. The number of benzene rings is 1. The molecular formula is C17H14N4O3S. The summed E-state index contributed by atoms with van der Waals surface area (Å²) in [5.74, 6) is 1.42. The highest BCUT2D eigenvalue weighted by atomic mass is 32.1. The normalized spacial score (nSPS) is 11.0. The molecule has 0 fully saturated rings. The molecule has 0 saturated heterocycles. The van der Waals surface area contributed by atoms with Crippen molar-refractivity contribution in [3.8, 4) is 16.5 Å². The molecule has 0 unspecified atom stereocenters. The molecule has 0 saturated carbocycles. The van der Waals surface area contributed by atoms with Gasteiger partial charge in [0.05, 0.1) is 12.8 Å². The van der Waals surface area contributed by atoms with E-state index in [0.29, 0.717) is 23.1 Å². The number of H-pyrrole nitrogens is 1. The van der Waals surface area contributed by atoms with Gasteiger partial charge >= 0.3 is 0 Å². The number of nitrogens with one attached hydrogen (secondary N) is 2. The van der Waals surface area contributed by atoms with E-state index >= 15 is 0 Å². The molecule has 3 aromatic heterocycles. The maximum Gasteiger partial charge on any atom is 0.272 e. The van der Waals surface area contributed by atoms with E-state index in [1.165, 1.54) is 11.3 Å². The van der Waals surface area contributed by atoms with E-state index in [1.807, 2.05) is 29.6 Å². The van der Waals surface area contributed by atoms with Crippen molar-refractivity contribution in [2.24, 2.45) is 0 Å². The first-order chi connectivity index (χ1) is 12.1. The molecule has 126 valence electrons. The monoisotopic (exact) mass is 354 g/mol. The van der Waals surface area contributed by atoms with Crippen LogP contribution in [0, 0.1) is 6.92 Å². The Labute approximate surface area is 146 Å². The minimum Gasteiger partial charge on any atom is -0.497 e. The van der Waals surface area contributed by atoms with Crippen LogP contribution in [0.25, 0.3) is 21.7 Å². The minimum atomic E-state index is -0.244. The van der Waals surface area contributed by atoms with Crippen LogP contribution in [0.15, 0.2) is 40.2 Å². The number of fused-ring (bicyclic) bond motifs is 1. The van der Waals surface area contributed by atoms with E-state index in [1.54, 1.807) is 20.1 Å². The molecular weight excluding hydrogens is 340 g/mol. The summed E-state index contributed by atoms with van der Waals surface area (Å²) >= 11 is 1.43. The maximum absolute atomic E-state index is 12.6. The van der Waals surface area contributed by atoms with Gasteiger partial charge < -0.3 is 19.6 Å². The number of amides is 1.